The molecule has 0 aliphatic carbocycles. The lowest BCUT2D eigenvalue weighted by molar-refractivity contribution is -0.112. The van der Waals surface area contributed by atoms with E-state index in [0.717, 1.165) is 0 Å². The molecule has 0 heterocycles. The summed E-state index contributed by atoms with van der Waals surface area (Å²) in [6, 6.07) is 18.1. The molecule has 0 bridgehead atoms. The van der Waals surface area contributed by atoms with Crippen molar-refractivity contribution in [3.63, 3.8) is 0 Å². The fraction of sp³-hybridized carbons (Fsp3) is 0.0833. The smallest absolute Gasteiger partial charge is 0.266 e. The molecule has 1 amide bonds. The average Bonchev–Trinajstić information content (AvgIpc) is 2.76. The molecule has 156 valence electrons. The molecule has 0 aliphatic heterocycles. The molecule has 0 aliphatic rings. The summed E-state index contributed by atoms with van der Waals surface area (Å²) in [5, 5.41) is 13.0. The maximum absolute atomic E-state index is 14.0. The lowest BCUT2D eigenvalue weighted by Crippen LogP contribution is -2.13. The molecule has 0 fully saturated rings. The van der Waals surface area contributed by atoms with Gasteiger partial charge in [-0.05, 0) is 59.7 Å². The predicted molar refractivity (Wildman–Crippen MR) is 121 cm³/mol. The molecule has 3 rings (SSSR count). The first kappa shape index (κ1) is 22.4. The van der Waals surface area contributed by atoms with Gasteiger partial charge in [0.1, 0.15) is 23.2 Å². The first-order valence-corrected chi connectivity index (χ1v) is 9.95. The standard InChI is InChI=1S/C24H17Cl2FN2O2/c1-31-23-12-15(11-21(26)20(23)13-16-4-2-3-5-22(16)27)10-17(14-28)24(30)29-19-8-6-18(25)7-9-19/h2-12H,13H2,1H3,(H,29,30)/b17-10+. The van der Waals surface area contributed by atoms with Crippen molar-refractivity contribution in [1.82, 2.24) is 0 Å². The number of rotatable bonds is 6. The number of nitriles is 1. The molecule has 0 radical (unpaired) electrons. The largest absolute Gasteiger partial charge is 0.496 e. The summed E-state index contributed by atoms with van der Waals surface area (Å²) in [4.78, 5) is 12.5. The van der Waals surface area contributed by atoms with Crippen molar-refractivity contribution in [3.05, 3.63) is 98.8 Å². The number of carbonyl (C=O) groups excluding carboxylic acids is 1. The highest BCUT2D eigenvalue weighted by Gasteiger charge is 2.15. The van der Waals surface area contributed by atoms with Gasteiger partial charge in [0.2, 0.25) is 0 Å². The van der Waals surface area contributed by atoms with Gasteiger partial charge >= 0.3 is 0 Å². The van der Waals surface area contributed by atoms with Crippen molar-refractivity contribution >= 4 is 40.9 Å². The van der Waals surface area contributed by atoms with Crippen LogP contribution < -0.4 is 10.1 Å². The average molecular weight is 455 g/mol. The van der Waals surface area contributed by atoms with Crippen LogP contribution in [-0.4, -0.2) is 13.0 Å². The third kappa shape index (κ3) is 5.64. The van der Waals surface area contributed by atoms with Crippen molar-refractivity contribution < 1.29 is 13.9 Å². The molecule has 0 atom stereocenters. The number of nitrogens with one attached hydrogen (secondary N) is 1. The SMILES string of the molecule is COc1cc(/C=C(\C#N)C(=O)Nc2ccc(Cl)cc2)cc(Cl)c1Cc1ccccc1F. The molecule has 1 N–H and O–H groups in total. The second-order valence-electron chi connectivity index (χ2n) is 6.58. The van der Waals surface area contributed by atoms with Crippen molar-refractivity contribution in [1.29, 1.82) is 5.26 Å². The molecule has 3 aromatic carbocycles. The van der Waals surface area contributed by atoms with Gasteiger partial charge in [-0.2, -0.15) is 5.26 Å². The third-order valence-electron chi connectivity index (χ3n) is 4.50. The number of anilines is 1. The van der Waals surface area contributed by atoms with E-state index in [1.54, 1.807) is 54.6 Å². The van der Waals surface area contributed by atoms with E-state index in [0.29, 0.717) is 38.2 Å². The number of halogens is 3. The van der Waals surface area contributed by atoms with E-state index < -0.39 is 5.91 Å². The number of ether oxygens (including phenoxy) is 1. The molecule has 31 heavy (non-hydrogen) atoms. The van der Waals surface area contributed by atoms with Gasteiger partial charge in [-0.15, -0.1) is 0 Å². The Kier molecular flexibility index (Phi) is 7.30. The van der Waals surface area contributed by atoms with E-state index in [2.05, 4.69) is 5.32 Å². The van der Waals surface area contributed by atoms with Crippen molar-refractivity contribution in [2.75, 3.05) is 12.4 Å². The molecule has 4 nitrogen and oxygen atoms in total. The van der Waals surface area contributed by atoms with Gasteiger partial charge in [-0.3, -0.25) is 4.79 Å². The zero-order valence-electron chi connectivity index (χ0n) is 16.5. The highest BCUT2D eigenvalue weighted by atomic mass is 35.5. The number of benzene rings is 3. The summed E-state index contributed by atoms with van der Waals surface area (Å²) in [6.45, 7) is 0. The highest BCUT2D eigenvalue weighted by molar-refractivity contribution is 6.32. The quantitative estimate of drug-likeness (QED) is 0.352. The predicted octanol–water partition coefficient (Wildman–Crippen LogP) is 6.28. The normalized spacial score (nSPS) is 11.0. The lowest BCUT2D eigenvalue weighted by Gasteiger charge is -2.13. The molecule has 0 unspecified atom stereocenters. The van der Waals surface area contributed by atoms with Crippen LogP contribution in [-0.2, 0) is 11.2 Å². The van der Waals surface area contributed by atoms with E-state index >= 15 is 0 Å². The number of hydrogen-bond donors (Lipinski definition) is 1. The first-order chi connectivity index (χ1) is 14.9. The van der Waals surface area contributed by atoms with Crippen LogP contribution in [0.4, 0.5) is 10.1 Å². The monoisotopic (exact) mass is 454 g/mol. The number of hydrogen-bond acceptors (Lipinski definition) is 3. The molecule has 0 saturated carbocycles. The summed E-state index contributed by atoms with van der Waals surface area (Å²) >= 11 is 12.3. The Morgan fingerprint density at radius 3 is 2.52 bits per heavy atom. The minimum atomic E-state index is -0.574. The summed E-state index contributed by atoms with van der Waals surface area (Å²) in [6.07, 6.45) is 1.65. The number of nitrogens with zero attached hydrogens (tertiary/aromatic N) is 1. The van der Waals surface area contributed by atoms with Gasteiger partial charge < -0.3 is 10.1 Å². The minimum absolute atomic E-state index is 0.116. The minimum Gasteiger partial charge on any atom is -0.496 e. The van der Waals surface area contributed by atoms with Crippen LogP contribution in [0.3, 0.4) is 0 Å². The van der Waals surface area contributed by atoms with Gasteiger partial charge in [0.25, 0.3) is 5.91 Å². The highest BCUT2D eigenvalue weighted by Crippen LogP contribution is 2.32. The topological polar surface area (TPSA) is 62.1 Å². The van der Waals surface area contributed by atoms with Crippen LogP contribution in [0.15, 0.2) is 66.2 Å². The van der Waals surface area contributed by atoms with Crippen LogP contribution >= 0.6 is 23.2 Å². The summed E-state index contributed by atoms with van der Waals surface area (Å²) in [7, 11) is 1.47. The van der Waals surface area contributed by atoms with Crippen LogP contribution in [0.5, 0.6) is 5.75 Å². The van der Waals surface area contributed by atoms with Gasteiger partial charge in [-0.25, -0.2) is 4.39 Å². The van der Waals surface area contributed by atoms with Crippen LogP contribution in [0.25, 0.3) is 6.08 Å². The van der Waals surface area contributed by atoms with Crippen molar-refractivity contribution in [2.45, 2.75) is 6.42 Å². The summed E-state index contributed by atoms with van der Waals surface area (Å²) < 4.78 is 19.5. The molecule has 0 spiro atoms. The zero-order valence-corrected chi connectivity index (χ0v) is 18.0. The van der Waals surface area contributed by atoms with E-state index in [9.17, 15) is 14.4 Å². The Morgan fingerprint density at radius 2 is 1.87 bits per heavy atom. The molecule has 0 aromatic heterocycles. The molecular weight excluding hydrogens is 438 g/mol. The summed E-state index contributed by atoms with van der Waals surface area (Å²) in [5.74, 6) is -0.483. The number of carbonyl (C=O) groups is 1. The first-order valence-electron chi connectivity index (χ1n) is 9.19. The Labute approximate surface area is 189 Å². The Balaban J connectivity index is 1.89. The van der Waals surface area contributed by atoms with Gasteiger partial charge in [0, 0.05) is 27.7 Å². The second-order valence-corrected chi connectivity index (χ2v) is 7.43. The molecule has 3 aromatic rings. The Bertz CT molecular complexity index is 1190. The van der Waals surface area contributed by atoms with E-state index in [4.69, 9.17) is 27.9 Å². The van der Waals surface area contributed by atoms with Crippen LogP contribution in [0.1, 0.15) is 16.7 Å². The second kappa shape index (κ2) is 10.1. The van der Waals surface area contributed by atoms with Crippen molar-refractivity contribution in [3.8, 4) is 11.8 Å². The van der Waals surface area contributed by atoms with Crippen molar-refractivity contribution in [2.24, 2.45) is 0 Å². The fourth-order valence-electron chi connectivity index (χ4n) is 2.95. The number of amides is 1. The molecular formula is C24H17Cl2FN2O2. The fourth-order valence-corrected chi connectivity index (χ4v) is 3.36. The maximum atomic E-state index is 14.0. The lowest BCUT2D eigenvalue weighted by atomic mass is 10.0. The zero-order chi connectivity index (χ0) is 22.4. The Morgan fingerprint density at radius 1 is 1.16 bits per heavy atom. The van der Waals surface area contributed by atoms with Crippen LogP contribution in [0, 0.1) is 17.1 Å². The maximum Gasteiger partial charge on any atom is 0.266 e. The van der Waals surface area contributed by atoms with E-state index in [-0.39, 0.29) is 17.8 Å². The Hall–Kier alpha value is -3.33. The molecule has 7 heteroatoms. The molecule has 0 saturated heterocycles. The summed E-state index contributed by atoms with van der Waals surface area (Å²) in [5.41, 5.74) is 1.98. The van der Waals surface area contributed by atoms with Gasteiger partial charge in [-0.1, -0.05) is 41.4 Å². The van der Waals surface area contributed by atoms with E-state index in [1.807, 2.05) is 6.07 Å². The van der Waals surface area contributed by atoms with Gasteiger partial charge in [0.05, 0.1) is 7.11 Å². The number of methoxy groups -OCH3 is 1. The van der Waals surface area contributed by atoms with E-state index in [1.165, 1.54) is 19.3 Å². The van der Waals surface area contributed by atoms with Crippen LogP contribution in [0.2, 0.25) is 10.0 Å². The third-order valence-corrected chi connectivity index (χ3v) is 5.09. The van der Waals surface area contributed by atoms with Gasteiger partial charge in [0.15, 0.2) is 0 Å².